The molecule has 12 nitrogen and oxygen atoms in total. The molecule has 6 atom stereocenters. The van der Waals surface area contributed by atoms with Crippen molar-refractivity contribution in [3.63, 3.8) is 0 Å². The lowest BCUT2D eigenvalue weighted by Gasteiger charge is -2.41. The maximum Gasteiger partial charge on any atom is 0.397 e. The van der Waals surface area contributed by atoms with Crippen molar-refractivity contribution in [2.75, 3.05) is 26.4 Å². The molecule has 348 valence electrons. The zero-order valence-electron chi connectivity index (χ0n) is 37.0. The molecule has 60 heavy (non-hydrogen) atoms. The Kier molecular flexibility index (Phi) is 35.8. The van der Waals surface area contributed by atoms with E-state index in [0.29, 0.717) is 13.0 Å². The van der Waals surface area contributed by atoms with Crippen LogP contribution in [0.4, 0.5) is 0 Å². The molecule has 4 N–H and O–H groups in total. The second-order valence-corrected chi connectivity index (χ2v) is 16.7. The number of carbonyl (C=O) groups is 1. The van der Waals surface area contributed by atoms with Gasteiger partial charge in [-0.25, -0.2) is 4.18 Å². The van der Waals surface area contributed by atoms with Gasteiger partial charge in [-0.3, -0.25) is 9.35 Å². The van der Waals surface area contributed by atoms with Crippen LogP contribution in [0, 0.1) is 0 Å². The summed E-state index contributed by atoms with van der Waals surface area (Å²) in [5.74, 6) is -0.415. The van der Waals surface area contributed by atoms with Crippen LogP contribution in [0.15, 0.2) is 60.8 Å². The van der Waals surface area contributed by atoms with Gasteiger partial charge in [0.2, 0.25) is 0 Å². The monoisotopic (exact) mass is 871 g/mol. The van der Waals surface area contributed by atoms with E-state index < -0.39 is 59.8 Å². The van der Waals surface area contributed by atoms with E-state index in [1.165, 1.54) is 44.9 Å². The molecule has 1 heterocycles. The molecular formula is C47H82O12S. The number of hydrogen-bond acceptors (Lipinski definition) is 11. The predicted molar refractivity (Wildman–Crippen MR) is 239 cm³/mol. The van der Waals surface area contributed by atoms with Gasteiger partial charge in [0.1, 0.15) is 30.5 Å². The van der Waals surface area contributed by atoms with E-state index >= 15 is 0 Å². The van der Waals surface area contributed by atoms with Gasteiger partial charge in [0, 0.05) is 13.0 Å². The number of aliphatic hydroxyl groups excluding tert-OH is 3. The first-order valence-electron chi connectivity index (χ1n) is 23.0. The smallest absolute Gasteiger partial charge is 0.397 e. The van der Waals surface area contributed by atoms with E-state index in [1.54, 1.807) is 0 Å². The Morgan fingerprint density at radius 1 is 0.650 bits per heavy atom. The van der Waals surface area contributed by atoms with Crippen molar-refractivity contribution >= 4 is 16.4 Å². The molecule has 0 aromatic rings. The Bertz CT molecular complexity index is 1280. The van der Waals surface area contributed by atoms with Crippen LogP contribution in [0.3, 0.4) is 0 Å². The number of ether oxygens (including phenoxy) is 4. The van der Waals surface area contributed by atoms with Crippen LogP contribution in [0.2, 0.25) is 0 Å². The van der Waals surface area contributed by atoms with Crippen LogP contribution in [-0.2, 0) is 38.3 Å². The van der Waals surface area contributed by atoms with Gasteiger partial charge in [-0.15, -0.1) is 0 Å². The summed E-state index contributed by atoms with van der Waals surface area (Å²) >= 11 is 0. The molecule has 0 aromatic carbocycles. The number of rotatable bonds is 39. The lowest BCUT2D eigenvalue weighted by atomic mass is 9.99. The van der Waals surface area contributed by atoms with Gasteiger partial charge in [-0.05, 0) is 77.0 Å². The number of aliphatic hydroxyl groups is 3. The lowest BCUT2D eigenvalue weighted by Crippen LogP contribution is -2.60. The Hall–Kier alpha value is -2.20. The quantitative estimate of drug-likeness (QED) is 0.0199. The van der Waals surface area contributed by atoms with E-state index in [-0.39, 0.29) is 19.6 Å². The van der Waals surface area contributed by atoms with Crippen molar-refractivity contribution in [1.82, 2.24) is 0 Å². The molecule has 6 unspecified atom stereocenters. The summed E-state index contributed by atoms with van der Waals surface area (Å²) in [5.41, 5.74) is 0. The van der Waals surface area contributed by atoms with Crippen molar-refractivity contribution in [2.24, 2.45) is 0 Å². The fourth-order valence-corrected chi connectivity index (χ4v) is 7.17. The topological polar surface area (TPSA) is 178 Å². The molecule has 1 saturated heterocycles. The highest BCUT2D eigenvalue weighted by atomic mass is 32.3. The highest BCUT2D eigenvalue weighted by Gasteiger charge is 2.48. The van der Waals surface area contributed by atoms with Crippen LogP contribution < -0.4 is 0 Å². The molecule has 0 aliphatic carbocycles. The molecule has 1 rings (SSSR count). The van der Waals surface area contributed by atoms with E-state index in [2.05, 4.69) is 78.8 Å². The van der Waals surface area contributed by atoms with Crippen molar-refractivity contribution in [2.45, 2.75) is 205 Å². The molecule has 0 saturated carbocycles. The Balaban J connectivity index is 2.42. The van der Waals surface area contributed by atoms with Crippen molar-refractivity contribution in [1.29, 1.82) is 0 Å². The van der Waals surface area contributed by atoms with Gasteiger partial charge in [-0.1, -0.05) is 145 Å². The predicted octanol–water partition coefficient (Wildman–Crippen LogP) is 9.74. The van der Waals surface area contributed by atoms with Crippen LogP contribution in [0.5, 0.6) is 0 Å². The first-order valence-corrected chi connectivity index (χ1v) is 24.4. The molecule has 0 aromatic heterocycles. The third-order valence-electron chi connectivity index (χ3n) is 10.1. The summed E-state index contributed by atoms with van der Waals surface area (Å²) in [5, 5.41) is 30.7. The Morgan fingerprint density at radius 2 is 1.15 bits per heavy atom. The second kappa shape index (κ2) is 38.5. The van der Waals surface area contributed by atoms with Gasteiger partial charge in [0.25, 0.3) is 0 Å². The number of hydrogen-bond donors (Lipinski definition) is 4. The minimum atomic E-state index is -5.07. The average molecular weight is 871 g/mol. The molecule has 0 spiro atoms. The molecule has 1 fully saturated rings. The van der Waals surface area contributed by atoms with Crippen LogP contribution in [0.25, 0.3) is 0 Å². The second-order valence-electron chi connectivity index (χ2n) is 15.6. The van der Waals surface area contributed by atoms with Crippen molar-refractivity contribution in [3.05, 3.63) is 60.8 Å². The lowest BCUT2D eigenvalue weighted by molar-refractivity contribution is -0.301. The molecule has 1 aliphatic heterocycles. The summed E-state index contributed by atoms with van der Waals surface area (Å²) < 4.78 is 59.0. The fraction of sp³-hybridized carbons (Fsp3) is 0.766. The Labute approximate surface area is 363 Å². The maximum absolute atomic E-state index is 12.8. The maximum atomic E-state index is 12.8. The molecular weight excluding hydrogens is 789 g/mol. The van der Waals surface area contributed by atoms with Gasteiger partial charge >= 0.3 is 16.4 Å². The highest BCUT2D eigenvalue weighted by molar-refractivity contribution is 7.80. The Morgan fingerprint density at radius 3 is 1.70 bits per heavy atom. The minimum Gasteiger partial charge on any atom is -0.457 e. The minimum absolute atomic E-state index is 0.0228. The summed E-state index contributed by atoms with van der Waals surface area (Å²) in [6, 6.07) is 0. The third-order valence-corrected chi connectivity index (χ3v) is 10.6. The summed E-state index contributed by atoms with van der Waals surface area (Å²) in [6.45, 7) is 3.81. The van der Waals surface area contributed by atoms with Crippen molar-refractivity contribution in [3.8, 4) is 0 Å². The first-order chi connectivity index (χ1) is 29.1. The van der Waals surface area contributed by atoms with Gasteiger partial charge < -0.3 is 34.3 Å². The van der Waals surface area contributed by atoms with Crippen LogP contribution in [0.1, 0.15) is 168 Å². The largest absolute Gasteiger partial charge is 0.457 e. The van der Waals surface area contributed by atoms with E-state index in [9.17, 15) is 28.5 Å². The number of esters is 1. The summed E-state index contributed by atoms with van der Waals surface area (Å²) in [7, 11) is -5.07. The molecule has 0 radical (unpaired) electrons. The van der Waals surface area contributed by atoms with Crippen LogP contribution >= 0.6 is 0 Å². The molecule has 0 bridgehead atoms. The van der Waals surface area contributed by atoms with E-state index in [1.807, 2.05) is 0 Å². The normalized spacial score (nSPS) is 20.8. The summed E-state index contributed by atoms with van der Waals surface area (Å²) in [6.07, 6.45) is 38.2. The SMILES string of the molecule is CC/C=C\C/C=C\C/C=C\C/C=C\CCCCCCCCCOCC(COC1OC(CO)C(O)C(OS(=O)(=O)O)C1O)OC(=O)CCCCCCC/C=C\CCCCCC. The van der Waals surface area contributed by atoms with Gasteiger partial charge in [0.15, 0.2) is 6.29 Å². The summed E-state index contributed by atoms with van der Waals surface area (Å²) in [4.78, 5) is 12.8. The number of carbonyl (C=O) groups excluding carboxylic acids is 1. The molecule has 1 aliphatic rings. The number of unbranched alkanes of at least 4 members (excludes halogenated alkanes) is 16. The molecule has 13 heteroatoms. The van der Waals surface area contributed by atoms with E-state index in [4.69, 9.17) is 23.5 Å². The number of allylic oxidation sites excluding steroid dienone is 10. The van der Waals surface area contributed by atoms with Crippen LogP contribution in [-0.4, -0.2) is 97.5 Å². The average Bonchev–Trinajstić information content (AvgIpc) is 3.22. The zero-order valence-corrected chi connectivity index (χ0v) is 37.8. The first kappa shape index (κ1) is 55.8. The van der Waals surface area contributed by atoms with Crippen molar-refractivity contribution < 1.29 is 56.2 Å². The zero-order chi connectivity index (χ0) is 43.9. The standard InChI is InChI=1S/C47H82O12S/c1-3-5-7-9-11-13-15-17-18-19-20-21-22-23-25-27-29-31-33-35-37-55-39-41(40-56-47-45(51)46(59-60(52,53)54)44(50)42(38-48)58-47)57-43(49)36-34-32-30-28-26-24-16-14-12-10-8-6-4-2/h5,7,11,13-14,16-18,20-21,41-42,44-48,50-51H,3-4,6,8-10,12,15,19,22-40H2,1-2H3,(H,52,53,54)/b7-5-,13-11-,16-14-,18-17-,21-20-. The third kappa shape index (κ3) is 31.6. The van der Waals surface area contributed by atoms with Gasteiger partial charge in [0.05, 0.1) is 19.8 Å². The molecule has 0 amide bonds. The highest BCUT2D eigenvalue weighted by Crippen LogP contribution is 2.26. The van der Waals surface area contributed by atoms with E-state index in [0.717, 1.165) is 96.3 Å². The van der Waals surface area contributed by atoms with Gasteiger partial charge in [-0.2, -0.15) is 8.42 Å². The fourth-order valence-electron chi connectivity index (χ4n) is 6.66.